The molecule has 7 nitrogen and oxygen atoms in total. The fourth-order valence-electron chi connectivity index (χ4n) is 5.14. The van der Waals surface area contributed by atoms with Gasteiger partial charge in [0, 0.05) is 60.6 Å². The second-order valence-corrected chi connectivity index (χ2v) is 9.73. The van der Waals surface area contributed by atoms with Crippen molar-refractivity contribution in [2.75, 3.05) is 36.4 Å². The van der Waals surface area contributed by atoms with Gasteiger partial charge in [-0.25, -0.2) is 15.0 Å². The van der Waals surface area contributed by atoms with Gasteiger partial charge in [-0.3, -0.25) is 4.98 Å². The maximum atomic E-state index is 5.23. The van der Waals surface area contributed by atoms with Gasteiger partial charge in [0.25, 0.3) is 0 Å². The number of nitrogens with zero attached hydrogens (tertiary/aromatic N) is 5. The van der Waals surface area contributed by atoms with E-state index in [0.717, 1.165) is 61.1 Å². The molecule has 3 aliphatic rings. The Hall–Kier alpha value is -2.80. The van der Waals surface area contributed by atoms with Crippen molar-refractivity contribution in [3.8, 4) is 11.4 Å². The first kappa shape index (κ1) is 18.9. The highest BCUT2D eigenvalue weighted by Crippen LogP contribution is 2.43. The summed E-state index contributed by atoms with van der Waals surface area (Å²) in [5.41, 5.74) is 4.56. The van der Waals surface area contributed by atoms with Gasteiger partial charge in [-0.05, 0) is 50.7 Å². The molecule has 0 unspecified atom stereocenters. The summed E-state index contributed by atoms with van der Waals surface area (Å²) in [4.78, 5) is 21.9. The second kappa shape index (κ2) is 7.12. The number of hydrogen-bond donors (Lipinski definition) is 2. The highest BCUT2D eigenvalue weighted by Gasteiger charge is 2.32. The van der Waals surface area contributed by atoms with Crippen molar-refractivity contribution in [1.29, 1.82) is 0 Å². The van der Waals surface area contributed by atoms with Crippen LogP contribution in [0.3, 0.4) is 0 Å². The molecule has 6 rings (SSSR count). The molecule has 0 amide bonds. The molecule has 31 heavy (non-hydrogen) atoms. The molecule has 3 aromatic rings. The Labute approximate surface area is 182 Å². The van der Waals surface area contributed by atoms with E-state index in [0.29, 0.717) is 5.92 Å². The zero-order chi connectivity index (χ0) is 21.0. The van der Waals surface area contributed by atoms with Crippen LogP contribution in [0.2, 0.25) is 0 Å². The number of piperazine rings is 1. The molecular formula is C24H29N7. The number of aromatic nitrogens is 4. The zero-order valence-corrected chi connectivity index (χ0v) is 18.3. The Morgan fingerprint density at radius 1 is 1.10 bits per heavy atom. The number of fused-ring (bicyclic) bond motifs is 2. The number of nitrogens with one attached hydrogen (secondary N) is 2. The third kappa shape index (κ3) is 3.22. The van der Waals surface area contributed by atoms with Gasteiger partial charge < -0.3 is 15.5 Å². The monoisotopic (exact) mass is 415 g/mol. The number of hydrogen-bond acceptors (Lipinski definition) is 7. The molecule has 2 aliphatic heterocycles. The van der Waals surface area contributed by atoms with Crippen LogP contribution in [0.25, 0.3) is 22.3 Å². The minimum absolute atomic E-state index is 0.0113. The van der Waals surface area contributed by atoms with E-state index in [1.807, 2.05) is 12.4 Å². The maximum absolute atomic E-state index is 5.23. The first-order chi connectivity index (χ1) is 15.1. The molecule has 1 saturated carbocycles. The van der Waals surface area contributed by atoms with Gasteiger partial charge in [0.15, 0.2) is 5.82 Å². The quantitative estimate of drug-likeness (QED) is 0.678. The van der Waals surface area contributed by atoms with Crippen LogP contribution in [0.5, 0.6) is 0 Å². The molecule has 7 heteroatoms. The molecule has 0 spiro atoms. The highest BCUT2D eigenvalue weighted by atomic mass is 15.2. The van der Waals surface area contributed by atoms with Crippen molar-refractivity contribution in [3.05, 3.63) is 35.8 Å². The van der Waals surface area contributed by atoms with Gasteiger partial charge in [0.1, 0.15) is 11.6 Å². The van der Waals surface area contributed by atoms with Gasteiger partial charge in [-0.1, -0.05) is 6.42 Å². The lowest BCUT2D eigenvalue weighted by atomic mass is 9.79. The van der Waals surface area contributed by atoms with Gasteiger partial charge in [0.05, 0.1) is 11.7 Å². The Kier molecular flexibility index (Phi) is 4.35. The van der Waals surface area contributed by atoms with Crippen LogP contribution in [0, 0.1) is 0 Å². The van der Waals surface area contributed by atoms with Crippen LogP contribution >= 0.6 is 0 Å². The van der Waals surface area contributed by atoms with Crippen molar-refractivity contribution in [2.45, 2.75) is 51.0 Å². The van der Waals surface area contributed by atoms with Crippen LogP contribution in [-0.2, 0) is 6.42 Å². The molecule has 3 aromatic heterocycles. The van der Waals surface area contributed by atoms with Gasteiger partial charge in [0.2, 0.25) is 0 Å². The van der Waals surface area contributed by atoms with Gasteiger partial charge in [-0.2, -0.15) is 0 Å². The molecule has 1 aliphatic carbocycles. The standard InChI is InChI=1S/C24H29N7/c1-24(2)12-17-16(6-7-27-21(17)30-24)22-28-19-14-26-13-18(15-4-3-5-15)20(19)23(29-22)31-10-8-25-9-11-31/h6-7,13-15,25H,3-5,8-12H2,1-2H3,(H,27,30). The lowest BCUT2D eigenvalue weighted by Gasteiger charge is -2.32. The normalized spacial score (nSPS) is 20.4. The van der Waals surface area contributed by atoms with Crippen molar-refractivity contribution in [1.82, 2.24) is 25.3 Å². The molecule has 5 heterocycles. The zero-order valence-electron chi connectivity index (χ0n) is 18.3. The Bertz CT molecular complexity index is 1150. The summed E-state index contributed by atoms with van der Waals surface area (Å²) in [6.07, 6.45) is 10.5. The molecule has 1 saturated heterocycles. The summed E-state index contributed by atoms with van der Waals surface area (Å²) in [5, 5.41) is 8.21. The minimum Gasteiger partial charge on any atom is -0.365 e. The van der Waals surface area contributed by atoms with Crippen LogP contribution in [0.4, 0.5) is 11.6 Å². The molecule has 2 N–H and O–H groups in total. The number of rotatable bonds is 3. The molecule has 0 aromatic carbocycles. The Morgan fingerprint density at radius 3 is 2.71 bits per heavy atom. The summed E-state index contributed by atoms with van der Waals surface area (Å²) in [6.45, 7) is 8.30. The minimum atomic E-state index is -0.0113. The average molecular weight is 416 g/mol. The van der Waals surface area contributed by atoms with Crippen LogP contribution in [0.1, 0.15) is 50.2 Å². The number of pyridine rings is 2. The third-order valence-corrected chi connectivity index (χ3v) is 6.95. The third-order valence-electron chi connectivity index (χ3n) is 6.95. The Balaban J connectivity index is 1.56. The average Bonchev–Trinajstić information content (AvgIpc) is 3.06. The summed E-state index contributed by atoms with van der Waals surface area (Å²) in [6, 6.07) is 2.06. The predicted octanol–water partition coefficient (Wildman–Crippen LogP) is 3.51. The van der Waals surface area contributed by atoms with Crippen molar-refractivity contribution < 1.29 is 0 Å². The molecule has 160 valence electrons. The SMILES string of the molecule is CC1(C)Cc2c(-c3nc(N4CCNCC4)c4c(C5CCC5)cncc4n3)ccnc2N1. The first-order valence-electron chi connectivity index (χ1n) is 11.5. The van der Waals surface area contributed by atoms with E-state index in [1.165, 1.54) is 35.8 Å². The van der Waals surface area contributed by atoms with E-state index in [1.54, 1.807) is 0 Å². The molecule has 2 fully saturated rings. The molecule has 0 radical (unpaired) electrons. The summed E-state index contributed by atoms with van der Waals surface area (Å²) < 4.78 is 0. The van der Waals surface area contributed by atoms with Gasteiger partial charge in [-0.15, -0.1) is 0 Å². The topological polar surface area (TPSA) is 78.9 Å². The van der Waals surface area contributed by atoms with Crippen molar-refractivity contribution in [3.63, 3.8) is 0 Å². The van der Waals surface area contributed by atoms with Crippen molar-refractivity contribution in [2.24, 2.45) is 0 Å². The van der Waals surface area contributed by atoms with Crippen LogP contribution in [0.15, 0.2) is 24.7 Å². The summed E-state index contributed by atoms with van der Waals surface area (Å²) >= 11 is 0. The lowest BCUT2D eigenvalue weighted by Crippen LogP contribution is -2.44. The summed E-state index contributed by atoms with van der Waals surface area (Å²) in [7, 11) is 0. The van der Waals surface area contributed by atoms with E-state index in [9.17, 15) is 0 Å². The first-order valence-corrected chi connectivity index (χ1v) is 11.5. The molecule has 0 atom stereocenters. The molecular weight excluding hydrogens is 386 g/mol. The number of anilines is 2. The smallest absolute Gasteiger partial charge is 0.162 e. The predicted molar refractivity (Wildman–Crippen MR) is 124 cm³/mol. The van der Waals surface area contributed by atoms with E-state index in [4.69, 9.17) is 9.97 Å². The van der Waals surface area contributed by atoms with E-state index >= 15 is 0 Å². The highest BCUT2D eigenvalue weighted by molar-refractivity contribution is 5.94. The van der Waals surface area contributed by atoms with Crippen molar-refractivity contribution >= 4 is 22.5 Å². The fraction of sp³-hybridized carbons (Fsp3) is 0.500. The van der Waals surface area contributed by atoms with E-state index in [2.05, 4.69) is 51.6 Å². The van der Waals surface area contributed by atoms with E-state index < -0.39 is 0 Å². The maximum Gasteiger partial charge on any atom is 0.162 e. The Morgan fingerprint density at radius 2 is 1.94 bits per heavy atom. The van der Waals surface area contributed by atoms with Crippen LogP contribution in [-0.4, -0.2) is 51.7 Å². The van der Waals surface area contributed by atoms with Crippen LogP contribution < -0.4 is 15.5 Å². The van der Waals surface area contributed by atoms with E-state index in [-0.39, 0.29) is 5.54 Å². The molecule has 0 bridgehead atoms. The fourth-order valence-corrected chi connectivity index (χ4v) is 5.14. The van der Waals surface area contributed by atoms with Gasteiger partial charge >= 0.3 is 0 Å². The second-order valence-electron chi connectivity index (χ2n) is 9.73. The summed E-state index contributed by atoms with van der Waals surface area (Å²) in [5.74, 6) is 3.40. The largest absolute Gasteiger partial charge is 0.365 e. The lowest BCUT2D eigenvalue weighted by molar-refractivity contribution is 0.421.